The molecule has 1 fully saturated rings. The third-order valence-corrected chi connectivity index (χ3v) is 2.76. The lowest BCUT2D eigenvalue weighted by Crippen LogP contribution is -2.21. The zero-order chi connectivity index (χ0) is 10.5. The second kappa shape index (κ2) is 5.07. The van der Waals surface area contributed by atoms with Crippen LogP contribution in [0, 0.1) is 0 Å². The summed E-state index contributed by atoms with van der Waals surface area (Å²) in [6.07, 6.45) is 9.69. The number of ether oxygens (including phenoxy) is 1. The lowest BCUT2D eigenvalue weighted by atomic mass is 9.98. The average molecular weight is 207 g/mol. The molecule has 0 aromatic carbocycles. The van der Waals surface area contributed by atoms with E-state index < -0.39 is 0 Å². The molecule has 2 rings (SSSR count). The first-order chi connectivity index (χ1) is 7.40. The largest absolute Gasteiger partial charge is 0.473 e. The van der Waals surface area contributed by atoms with Crippen molar-refractivity contribution in [1.29, 1.82) is 0 Å². The van der Waals surface area contributed by atoms with Gasteiger partial charge in [-0.3, -0.25) is 4.98 Å². The number of rotatable bonds is 3. The first-order valence-electron chi connectivity index (χ1n) is 5.57. The molecule has 0 atom stereocenters. The Balaban J connectivity index is 2.02. The lowest BCUT2D eigenvalue weighted by Gasteiger charge is -2.22. The molecule has 0 unspecified atom stereocenters. The molecular weight excluding hydrogens is 190 g/mol. The molecule has 0 spiro atoms. The molecule has 1 aromatic heterocycles. The SMILES string of the molecule is NCc1nccnc1OC1CCCCC1. The fourth-order valence-electron chi connectivity index (χ4n) is 1.93. The van der Waals surface area contributed by atoms with Crippen molar-refractivity contribution in [2.45, 2.75) is 44.8 Å². The van der Waals surface area contributed by atoms with E-state index in [1.165, 1.54) is 19.3 Å². The minimum absolute atomic E-state index is 0.306. The van der Waals surface area contributed by atoms with Crippen LogP contribution < -0.4 is 10.5 Å². The Morgan fingerprint density at radius 1 is 1.20 bits per heavy atom. The van der Waals surface area contributed by atoms with Crippen molar-refractivity contribution in [2.24, 2.45) is 5.73 Å². The van der Waals surface area contributed by atoms with E-state index in [-0.39, 0.29) is 0 Å². The van der Waals surface area contributed by atoms with Gasteiger partial charge in [0.1, 0.15) is 11.8 Å². The summed E-state index contributed by atoms with van der Waals surface area (Å²) in [5, 5.41) is 0. The van der Waals surface area contributed by atoms with Crippen LogP contribution in [0.5, 0.6) is 5.88 Å². The molecule has 1 saturated carbocycles. The minimum atomic E-state index is 0.306. The van der Waals surface area contributed by atoms with E-state index in [2.05, 4.69) is 9.97 Å². The Morgan fingerprint density at radius 3 is 2.67 bits per heavy atom. The lowest BCUT2D eigenvalue weighted by molar-refractivity contribution is 0.146. The van der Waals surface area contributed by atoms with E-state index in [1.54, 1.807) is 12.4 Å². The van der Waals surface area contributed by atoms with Crippen LogP contribution in [-0.4, -0.2) is 16.1 Å². The summed E-state index contributed by atoms with van der Waals surface area (Å²) >= 11 is 0. The van der Waals surface area contributed by atoms with Crippen LogP contribution in [0.25, 0.3) is 0 Å². The molecule has 15 heavy (non-hydrogen) atoms. The fourth-order valence-corrected chi connectivity index (χ4v) is 1.93. The first kappa shape index (κ1) is 10.4. The average Bonchev–Trinajstić information content (AvgIpc) is 2.31. The van der Waals surface area contributed by atoms with Gasteiger partial charge in [0.2, 0.25) is 5.88 Å². The molecule has 1 aliphatic carbocycles. The Hall–Kier alpha value is -1.16. The molecule has 4 heteroatoms. The van der Waals surface area contributed by atoms with Crippen LogP contribution in [0.4, 0.5) is 0 Å². The summed E-state index contributed by atoms with van der Waals surface area (Å²) < 4.78 is 5.82. The third kappa shape index (κ3) is 2.65. The van der Waals surface area contributed by atoms with Crippen LogP contribution in [0.1, 0.15) is 37.8 Å². The van der Waals surface area contributed by atoms with Crippen molar-refractivity contribution in [3.8, 4) is 5.88 Å². The van der Waals surface area contributed by atoms with Crippen molar-refractivity contribution in [1.82, 2.24) is 9.97 Å². The van der Waals surface area contributed by atoms with Gasteiger partial charge in [0.15, 0.2) is 0 Å². The zero-order valence-electron chi connectivity index (χ0n) is 8.85. The quantitative estimate of drug-likeness (QED) is 0.818. The second-order valence-electron chi connectivity index (χ2n) is 3.89. The van der Waals surface area contributed by atoms with Crippen molar-refractivity contribution in [3.63, 3.8) is 0 Å². The maximum atomic E-state index is 5.82. The van der Waals surface area contributed by atoms with E-state index >= 15 is 0 Å². The molecule has 0 radical (unpaired) electrons. The highest BCUT2D eigenvalue weighted by molar-refractivity contribution is 5.17. The van der Waals surface area contributed by atoms with Crippen LogP contribution in [0.15, 0.2) is 12.4 Å². The summed E-state index contributed by atoms with van der Waals surface area (Å²) in [4.78, 5) is 8.33. The summed E-state index contributed by atoms with van der Waals surface area (Å²) in [5.41, 5.74) is 6.33. The van der Waals surface area contributed by atoms with Crippen LogP contribution in [0.2, 0.25) is 0 Å². The van der Waals surface area contributed by atoms with Gasteiger partial charge in [0, 0.05) is 18.9 Å². The monoisotopic (exact) mass is 207 g/mol. The topological polar surface area (TPSA) is 61.0 Å². The van der Waals surface area contributed by atoms with Crippen molar-refractivity contribution < 1.29 is 4.74 Å². The van der Waals surface area contributed by atoms with Gasteiger partial charge in [-0.15, -0.1) is 0 Å². The number of nitrogens with zero attached hydrogens (tertiary/aromatic N) is 2. The zero-order valence-corrected chi connectivity index (χ0v) is 8.85. The third-order valence-electron chi connectivity index (χ3n) is 2.76. The Labute approximate surface area is 89.9 Å². The fraction of sp³-hybridized carbons (Fsp3) is 0.636. The molecule has 2 N–H and O–H groups in total. The predicted molar refractivity (Wildman–Crippen MR) is 57.4 cm³/mol. The predicted octanol–water partition coefficient (Wildman–Crippen LogP) is 1.65. The normalized spacial score (nSPS) is 17.7. The summed E-state index contributed by atoms with van der Waals surface area (Å²) in [6.45, 7) is 0.385. The maximum Gasteiger partial charge on any atom is 0.237 e. The molecular formula is C11H17N3O. The highest BCUT2D eigenvalue weighted by Crippen LogP contribution is 2.23. The molecule has 1 aliphatic rings. The molecule has 0 bridgehead atoms. The van der Waals surface area contributed by atoms with Gasteiger partial charge in [-0.2, -0.15) is 0 Å². The van der Waals surface area contributed by atoms with Gasteiger partial charge in [0.25, 0.3) is 0 Å². The summed E-state index contributed by atoms with van der Waals surface area (Å²) in [7, 11) is 0. The number of nitrogens with two attached hydrogens (primary N) is 1. The molecule has 0 saturated heterocycles. The van der Waals surface area contributed by atoms with Gasteiger partial charge in [-0.25, -0.2) is 4.98 Å². The highest BCUT2D eigenvalue weighted by Gasteiger charge is 2.16. The summed E-state index contributed by atoms with van der Waals surface area (Å²) in [5.74, 6) is 0.618. The number of aromatic nitrogens is 2. The summed E-state index contributed by atoms with van der Waals surface area (Å²) in [6, 6.07) is 0. The van der Waals surface area contributed by atoms with Gasteiger partial charge >= 0.3 is 0 Å². The van der Waals surface area contributed by atoms with E-state index in [0.717, 1.165) is 18.5 Å². The highest BCUT2D eigenvalue weighted by atomic mass is 16.5. The van der Waals surface area contributed by atoms with E-state index in [9.17, 15) is 0 Å². The standard InChI is InChI=1S/C11H17N3O/c12-8-10-11(14-7-6-13-10)15-9-4-2-1-3-5-9/h6-7,9H,1-5,8,12H2. The number of hydrogen-bond donors (Lipinski definition) is 1. The Kier molecular flexibility index (Phi) is 3.50. The molecule has 1 aromatic rings. The van der Waals surface area contributed by atoms with Crippen molar-refractivity contribution in [2.75, 3.05) is 0 Å². The molecule has 4 nitrogen and oxygen atoms in total. The minimum Gasteiger partial charge on any atom is -0.473 e. The van der Waals surface area contributed by atoms with E-state index in [1.807, 2.05) is 0 Å². The first-order valence-corrected chi connectivity index (χ1v) is 5.57. The van der Waals surface area contributed by atoms with Crippen LogP contribution in [-0.2, 0) is 6.54 Å². The van der Waals surface area contributed by atoms with Gasteiger partial charge in [-0.1, -0.05) is 6.42 Å². The van der Waals surface area contributed by atoms with Crippen LogP contribution >= 0.6 is 0 Å². The van der Waals surface area contributed by atoms with E-state index in [0.29, 0.717) is 18.5 Å². The van der Waals surface area contributed by atoms with E-state index in [4.69, 9.17) is 10.5 Å². The van der Waals surface area contributed by atoms with Gasteiger partial charge < -0.3 is 10.5 Å². The smallest absolute Gasteiger partial charge is 0.237 e. The second-order valence-corrected chi connectivity index (χ2v) is 3.89. The number of hydrogen-bond acceptors (Lipinski definition) is 4. The van der Waals surface area contributed by atoms with Crippen molar-refractivity contribution >= 4 is 0 Å². The Bertz CT molecular complexity index is 310. The molecule has 0 amide bonds. The molecule has 1 heterocycles. The van der Waals surface area contributed by atoms with Crippen molar-refractivity contribution in [3.05, 3.63) is 18.1 Å². The van der Waals surface area contributed by atoms with Crippen LogP contribution in [0.3, 0.4) is 0 Å². The van der Waals surface area contributed by atoms with Gasteiger partial charge in [-0.05, 0) is 25.7 Å². The maximum absolute atomic E-state index is 5.82. The molecule has 0 aliphatic heterocycles. The molecule has 82 valence electrons. The Morgan fingerprint density at radius 2 is 1.93 bits per heavy atom. The van der Waals surface area contributed by atoms with Gasteiger partial charge in [0.05, 0.1) is 0 Å².